The Morgan fingerprint density at radius 3 is 2.87 bits per heavy atom. The Morgan fingerprint density at radius 1 is 1.47 bits per heavy atom. The second kappa shape index (κ2) is 3.37. The molecule has 1 aliphatic rings. The molecule has 0 bridgehead atoms. The first-order valence-corrected chi connectivity index (χ1v) is 4.44. The molecule has 2 heterocycles. The summed E-state index contributed by atoms with van der Waals surface area (Å²) in [4.78, 5) is 0. The molecule has 0 aromatic carbocycles. The molecule has 3 N–H and O–H groups in total. The number of hydrogen-bond acceptors (Lipinski definition) is 4. The van der Waals surface area contributed by atoms with Crippen LogP contribution in [0, 0.1) is 0 Å². The molecule has 1 atom stereocenters. The van der Waals surface area contributed by atoms with Crippen LogP contribution in [0.4, 0.5) is 19.1 Å². The molecule has 2 rings (SSSR count). The lowest BCUT2D eigenvalue weighted by Crippen LogP contribution is -2.39. The number of aromatic nitrogens is 3. The average Bonchev–Trinajstić information content (AvgIpc) is 2.46. The maximum absolute atomic E-state index is 12.2. The maximum atomic E-state index is 12.2. The fraction of sp³-hybridized carbons (Fsp3) is 0.714. The largest absolute Gasteiger partial charge is 0.396 e. The minimum absolute atomic E-state index is 0.0971. The first-order valence-electron chi connectivity index (χ1n) is 4.44. The highest BCUT2D eigenvalue weighted by atomic mass is 19.4. The first-order chi connectivity index (χ1) is 6.96. The van der Waals surface area contributed by atoms with E-state index in [4.69, 9.17) is 5.73 Å². The van der Waals surface area contributed by atoms with Crippen LogP contribution in [0.5, 0.6) is 0 Å². The molecular formula is C7H10F3N5. The van der Waals surface area contributed by atoms with Gasteiger partial charge in [-0.1, -0.05) is 0 Å². The van der Waals surface area contributed by atoms with Crippen molar-refractivity contribution in [3.05, 3.63) is 5.82 Å². The zero-order valence-corrected chi connectivity index (χ0v) is 7.75. The quantitative estimate of drug-likeness (QED) is 0.707. The van der Waals surface area contributed by atoms with Crippen molar-refractivity contribution in [1.82, 2.24) is 14.8 Å². The fourth-order valence-corrected chi connectivity index (χ4v) is 1.49. The number of nitrogens with two attached hydrogens (primary N) is 1. The summed E-state index contributed by atoms with van der Waals surface area (Å²) in [7, 11) is 0. The topological polar surface area (TPSA) is 68.8 Å². The minimum atomic E-state index is -4.27. The maximum Gasteiger partial charge on any atom is 0.396 e. The first kappa shape index (κ1) is 10.2. The molecule has 1 aromatic rings. The van der Waals surface area contributed by atoms with Crippen LogP contribution >= 0.6 is 0 Å². The number of rotatable bonds is 1. The van der Waals surface area contributed by atoms with Gasteiger partial charge in [0, 0.05) is 19.1 Å². The second-order valence-corrected chi connectivity index (χ2v) is 3.48. The van der Waals surface area contributed by atoms with Gasteiger partial charge < -0.3 is 11.1 Å². The molecule has 1 unspecified atom stereocenters. The molecule has 8 heteroatoms. The molecule has 84 valence electrons. The Hall–Kier alpha value is -1.31. The Bertz CT molecular complexity index is 358. The Balaban J connectivity index is 2.23. The number of anilines is 1. The van der Waals surface area contributed by atoms with Crippen LogP contribution in [0.25, 0.3) is 0 Å². The van der Waals surface area contributed by atoms with Gasteiger partial charge in [0.15, 0.2) is 0 Å². The highest BCUT2D eigenvalue weighted by Gasteiger charge is 2.32. The van der Waals surface area contributed by atoms with Crippen LogP contribution in [0.2, 0.25) is 0 Å². The van der Waals surface area contributed by atoms with Gasteiger partial charge in [0.1, 0.15) is 12.2 Å². The van der Waals surface area contributed by atoms with Crippen LogP contribution in [0.15, 0.2) is 0 Å². The third kappa shape index (κ3) is 2.20. The van der Waals surface area contributed by atoms with Gasteiger partial charge in [-0.15, -0.1) is 10.2 Å². The van der Waals surface area contributed by atoms with Crippen molar-refractivity contribution in [1.29, 1.82) is 0 Å². The van der Waals surface area contributed by atoms with Gasteiger partial charge >= 0.3 is 6.18 Å². The normalized spacial score (nSPS) is 20.9. The molecule has 0 saturated heterocycles. The summed E-state index contributed by atoms with van der Waals surface area (Å²) in [5.74, 6) is 0.260. The number of alkyl halides is 3. The average molecular weight is 221 g/mol. The van der Waals surface area contributed by atoms with Crippen LogP contribution in [-0.2, 0) is 13.0 Å². The minimum Gasteiger partial charge on any atom is -0.353 e. The number of nitrogens with zero attached hydrogens (tertiary/aromatic N) is 3. The van der Waals surface area contributed by atoms with E-state index < -0.39 is 12.6 Å². The van der Waals surface area contributed by atoms with Gasteiger partial charge in [-0.05, 0) is 0 Å². The predicted molar refractivity (Wildman–Crippen MR) is 46.2 cm³/mol. The lowest BCUT2D eigenvalue weighted by Gasteiger charge is -2.22. The van der Waals surface area contributed by atoms with Crippen molar-refractivity contribution in [2.24, 2.45) is 5.73 Å². The van der Waals surface area contributed by atoms with E-state index >= 15 is 0 Å². The van der Waals surface area contributed by atoms with E-state index in [1.54, 1.807) is 0 Å². The monoisotopic (exact) mass is 221 g/mol. The fourth-order valence-electron chi connectivity index (χ4n) is 1.49. The molecule has 0 amide bonds. The zero-order valence-electron chi connectivity index (χ0n) is 7.75. The second-order valence-electron chi connectivity index (χ2n) is 3.48. The molecular weight excluding hydrogens is 211 g/mol. The van der Waals surface area contributed by atoms with Crippen molar-refractivity contribution in [3.8, 4) is 0 Å². The van der Waals surface area contributed by atoms with E-state index in [-0.39, 0.29) is 11.9 Å². The van der Waals surface area contributed by atoms with Crippen LogP contribution < -0.4 is 11.1 Å². The Morgan fingerprint density at radius 2 is 2.20 bits per heavy atom. The van der Waals surface area contributed by atoms with E-state index in [2.05, 4.69) is 15.5 Å². The molecule has 0 fully saturated rings. The summed E-state index contributed by atoms with van der Waals surface area (Å²) in [5.41, 5.74) is 5.62. The predicted octanol–water partition coefficient (Wildman–Crippen LogP) is 0.136. The van der Waals surface area contributed by atoms with Gasteiger partial charge in [0.2, 0.25) is 5.95 Å². The summed E-state index contributed by atoms with van der Waals surface area (Å²) in [5, 5.41) is 9.93. The SMILES string of the molecule is NC1CNc2nnc(CC(F)(F)F)n2C1. The van der Waals surface area contributed by atoms with E-state index in [0.717, 1.165) is 0 Å². The molecule has 0 aliphatic carbocycles. The molecule has 0 saturated carbocycles. The van der Waals surface area contributed by atoms with Crippen LogP contribution in [0.3, 0.4) is 0 Å². The molecule has 0 spiro atoms. The third-order valence-electron chi connectivity index (χ3n) is 2.13. The number of halogens is 3. The summed E-state index contributed by atoms with van der Waals surface area (Å²) in [6.45, 7) is 0.824. The summed E-state index contributed by atoms with van der Waals surface area (Å²) < 4.78 is 37.8. The van der Waals surface area contributed by atoms with Crippen molar-refractivity contribution < 1.29 is 13.2 Å². The van der Waals surface area contributed by atoms with Gasteiger partial charge in [-0.25, -0.2) is 0 Å². The van der Waals surface area contributed by atoms with Gasteiger partial charge in [-0.2, -0.15) is 13.2 Å². The van der Waals surface area contributed by atoms with Crippen molar-refractivity contribution in [2.75, 3.05) is 11.9 Å². The van der Waals surface area contributed by atoms with Crippen LogP contribution in [-0.4, -0.2) is 33.5 Å². The van der Waals surface area contributed by atoms with E-state index in [9.17, 15) is 13.2 Å². The van der Waals surface area contributed by atoms with E-state index in [1.807, 2.05) is 0 Å². The van der Waals surface area contributed by atoms with Crippen molar-refractivity contribution in [2.45, 2.75) is 25.2 Å². The number of hydrogen-bond donors (Lipinski definition) is 2. The van der Waals surface area contributed by atoms with Crippen molar-refractivity contribution in [3.63, 3.8) is 0 Å². The zero-order chi connectivity index (χ0) is 11.1. The van der Waals surface area contributed by atoms with Gasteiger partial charge in [0.25, 0.3) is 0 Å². The van der Waals surface area contributed by atoms with Gasteiger partial charge in [0.05, 0.1) is 0 Å². The van der Waals surface area contributed by atoms with Crippen LogP contribution in [0.1, 0.15) is 5.82 Å². The highest BCUT2D eigenvalue weighted by molar-refractivity contribution is 5.29. The van der Waals surface area contributed by atoms with Gasteiger partial charge in [-0.3, -0.25) is 4.57 Å². The lowest BCUT2D eigenvalue weighted by molar-refractivity contribution is -0.129. The number of fused-ring (bicyclic) bond motifs is 1. The van der Waals surface area contributed by atoms with E-state index in [0.29, 0.717) is 19.0 Å². The molecule has 1 aliphatic heterocycles. The summed E-state index contributed by atoms with van der Waals surface area (Å²) in [6.07, 6.45) is -5.35. The molecule has 5 nitrogen and oxygen atoms in total. The highest BCUT2D eigenvalue weighted by Crippen LogP contribution is 2.22. The molecule has 0 radical (unpaired) electrons. The lowest BCUT2D eigenvalue weighted by atomic mass is 10.2. The third-order valence-corrected chi connectivity index (χ3v) is 2.13. The summed E-state index contributed by atoms with van der Waals surface area (Å²) in [6, 6.07) is -0.208. The Kier molecular flexibility index (Phi) is 2.29. The Labute approximate surface area is 83.5 Å². The summed E-state index contributed by atoms with van der Waals surface area (Å²) >= 11 is 0. The molecule has 15 heavy (non-hydrogen) atoms. The smallest absolute Gasteiger partial charge is 0.353 e. The standard InChI is InChI=1S/C7H10F3N5/c8-7(9,10)1-5-13-14-6-12-2-4(11)3-15(5)6/h4H,1-3,11H2,(H,12,14). The van der Waals surface area contributed by atoms with E-state index in [1.165, 1.54) is 4.57 Å². The number of nitrogens with one attached hydrogen (secondary N) is 1. The molecule has 1 aromatic heterocycles. The van der Waals surface area contributed by atoms with Crippen molar-refractivity contribution >= 4 is 5.95 Å².